The van der Waals surface area contributed by atoms with Crippen LogP contribution in [0, 0.1) is 5.92 Å². The molecule has 1 saturated carbocycles. The lowest BCUT2D eigenvalue weighted by Gasteiger charge is -2.23. The minimum atomic E-state index is 0.691. The standard InChI is InChI=1S/C14H25N3S/c1-3-9-15-10-8-13-16-17-14(18-13)12-6-4-11(2)5-7-12/h11-12,15H,3-10H2,1-2H3. The first-order valence-electron chi connectivity index (χ1n) is 7.32. The van der Waals surface area contributed by atoms with E-state index in [4.69, 9.17) is 0 Å². The van der Waals surface area contributed by atoms with Crippen molar-refractivity contribution in [1.29, 1.82) is 0 Å². The van der Waals surface area contributed by atoms with Crippen molar-refractivity contribution in [1.82, 2.24) is 15.5 Å². The van der Waals surface area contributed by atoms with E-state index in [1.54, 1.807) is 0 Å². The minimum absolute atomic E-state index is 0.691. The van der Waals surface area contributed by atoms with Gasteiger partial charge in [-0.3, -0.25) is 0 Å². The van der Waals surface area contributed by atoms with E-state index < -0.39 is 0 Å². The van der Waals surface area contributed by atoms with Crippen LogP contribution in [0.25, 0.3) is 0 Å². The molecular weight excluding hydrogens is 242 g/mol. The number of nitrogens with zero attached hydrogens (tertiary/aromatic N) is 2. The normalized spacial score (nSPS) is 24.3. The molecule has 4 heteroatoms. The lowest BCUT2D eigenvalue weighted by Crippen LogP contribution is -2.17. The van der Waals surface area contributed by atoms with Crippen molar-refractivity contribution < 1.29 is 0 Å². The molecule has 1 heterocycles. The van der Waals surface area contributed by atoms with E-state index in [-0.39, 0.29) is 0 Å². The summed E-state index contributed by atoms with van der Waals surface area (Å²) in [7, 11) is 0. The van der Waals surface area contributed by atoms with Crippen LogP contribution in [0.3, 0.4) is 0 Å². The Labute approximate surface area is 114 Å². The SMILES string of the molecule is CCCNCCc1nnc(C2CCC(C)CC2)s1. The third-order valence-corrected chi connectivity index (χ3v) is 4.94. The molecule has 1 aromatic heterocycles. The fourth-order valence-corrected chi connectivity index (χ4v) is 3.55. The maximum atomic E-state index is 4.40. The summed E-state index contributed by atoms with van der Waals surface area (Å²) in [6.07, 6.45) is 7.56. The highest BCUT2D eigenvalue weighted by molar-refractivity contribution is 7.11. The summed E-state index contributed by atoms with van der Waals surface area (Å²) in [5, 5.41) is 14.6. The van der Waals surface area contributed by atoms with E-state index >= 15 is 0 Å². The second-order valence-electron chi connectivity index (χ2n) is 5.49. The van der Waals surface area contributed by atoms with Gasteiger partial charge in [-0.25, -0.2) is 0 Å². The van der Waals surface area contributed by atoms with Gasteiger partial charge in [-0.2, -0.15) is 0 Å². The van der Waals surface area contributed by atoms with Crippen LogP contribution in [0.5, 0.6) is 0 Å². The van der Waals surface area contributed by atoms with E-state index in [1.165, 1.54) is 42.1 Å². The molecule has 1 aromatic rings. The quantitative estimate of drug-likeness (QED) is 0.803. The molecule has 1 aliphatic carbocycles. The predicted octanol–water partition coefficient (Wildman–Crippen LogP) is 3.37. The summed E-state index contributed by atoms with van der Waals surface area (Å²) in [6, 6.07) is 0. The topological polar surface area (TPSA) is 37.8 Å². The lowest BCUT2D eigenvalue weighted by molar-refractivity contribution is 0.346. The van der Waals surface area contributed by atoms with Crippen molar-refractivity contribution in [3.63, 3.8) is 0 Å². The van der Waals surface area contributed by atoms with Crippen LogP contribution in [0.1, 0.15) is 61.9 Å². The van der Waals surface area contributed by atoms with Gasteiger partial charge in [-0.05, 0) is 31.7 Å². The summed E-state index contributed by atoms with van der Waals surface area (Å²) in [4.78, 5) is 0. The maximum Gasteiger partial charge on any atom is 0.120 e. The van der Waals surface area contributed by atoms with Crippen molar-refractivity contribution in [2.45, 2.75) is 58.3 Å². The molecule has 0 unspecified atom stereocenters. The molecule has 0 atom stereocenters. The van der Waals surface area contributed by atoms with Crippen LogP contribution in [-0.2, 0) is 6.42 Å². The first-order valence-corrected chi connectivity index (χ1v) is 8.14. The summed E-state index contributed by atoms with van der Waals surface area (Å²) < 4.78 is 0. The summed E-state index contributed by atoms with van der Waals surface area (Å²) >= 11 is 1.84. The number of hydrogen-bond acceptors (Lipinski definition) is 4. The largest absolute Gasteiger partial charge is 0.316 e. The second-order valence-corrected chi connectivity index (χ2v) is 6.58. The molecule has 0 aromatic carbocycles. The van der Waals surface area contributed by atoms with Crippen LogP contribution in [0.4, 0.5) is 0 Å². The molecule has 0 amide bonds. The number of rotatable bonds is 6. The third-order valence-electron chi connectivity index (χ3n) is 3.79. The third kappa shape index (κ3) is 4.02. The number of hydrogen-bond donors (Lipinski definition) is 1. The van der Waals surface area contributed by atoms with Gasteiger partial charge in [-0.15, -0.1) is 21.5 Å². The Morgan fingerprint density at radius 2 is 1.94 bits per heavy atom. The van der Waals surface area contributed by atoms with Crippen LogP contribution < -0.4 is 5.32 Å². The van der Waals surface area contributed by atoms with Gasteiger partial charge in [0.2, 0.25) is 0 Å². The molecule has 1 N–H and O–H groups in total. The molecule has 1 aliphatic rings. The highest BCUT2D eigenvalue weighted by atomic mass is 32.1. The Morgan fingerprint density at radius 1 is 1.17 bits per heavy atom. The van der Waals surface area contributed by atoms with E-state index in [2.05, 4.69) is 29.4 Å². The summed E-state index contributed by atoms with van der Waals surface area (Å²) in [6.45, 7) is 6.69. The smallest absolute Gasteiger partial charge is 0.120 e. The Balaban J connectivity index is 1.78. The van der Waals surface area contributed by atoms with Crippen LogP contribution in [0.2, 0.25) is 0 Å². The Bertz CT molecular complexity index is 343. The fourth-order valence-electron chi connectivity index (χ4n) is 2.54. The summed E-state index contributed by atoms with van der Waals surface area (Å²) in [5.41, 5.74) is 0. The van der Waals surface area contributed by atoms with Crippen molar-refractivity contribution >= 4 is 11.3 Å². The molecule has 0 bridgehead atoms. The van der Waals surface area contributed by atoms with E-state index in [0.29, 0.717) is 5.92 Å². The molecule has 1 fully saturated rings. The second kappa shape index (κ2) is 7.19. The van der Waals surface area contributed by atoms with Crippen molar-refractivity contribution in [2.75, 3.05) is 13.1 Å². The monoisotopic (exact) mass is 267 g/mol. The van der Waals surface area contributed by atoms with Crippen LogP contribution in [0.15, 0.2) is 0 Å². The van der Waals surface area contributed by atoms with Gasteiger partial charge in [0.15, 0.2) is 0 Å². The van der Waals surface area contributed by atoms with Gasteiger partial charge in [0.25, 0.3) is 0 Å². The van der Waals surface area contributed by atoms with Gasteiger partial charge >= 0.3 is 0 Å². The Kier molecular flexibility index (Phi) is 5.57. The van der Waals surface area contributed by atoms with E-state index in [1.807, 2.05) is 11.3 Å². The van der Waals surface area contributed by atoms with Gasteiger partial charge in [0.05, 0.1) is 0 Å². The molecule has 0 radical (unpaired) electrons. The van der Waals surface area contributed by atoms with Crippen molar-refractivity contribution in [3.8, 4) is 0 Å². The zero-order valence-corrected chi connectivity index (χ0v) is 12.4. The predicted molar refractivity (Wildman–Crippen MR) is 77.1 cm³/mol. The van der Waals surface area contributed by atoms with Gasteiger partial charge < -0.3 is 5.32 Å². The molecular formula is C14H25N3S. The highest BCUT2D eigenvalue weighted by Gasteiger charge is 2.22. The highest BCUT2D eigenvalue weighted by Crippen LogP contribution is 2.36. The van der Waals surface area contributed by atoms with Crippen molar-refractivity contribution in [2.24, 2.45) is 5.92 Å². The average Bonchev–Trinajstić information content (AvgIpc) is 2.84. The average molecular weight is 267 g/mol. The molecule has 18 heavy (non-hydrogen) atoms. The Morgan fingerprint density at radius 3 is 2.67 bits per heavy atom. The minimum Gasteiger partial charge on any atom is -0.316 e. The molecule has 2 rings (SSSR count). The molecule has 0 spiro atoms. The number of nitrogens with one attached hydrogen (secondary N) is 1. The first-order chi connectivity index (χ1) is 8.79. The lowest BCUT2D eigenvalue weighted by atomic mass is 9.83. The zero-order chi connectivity index (χ0) is 12.8. The summed E-state index contributed by atoms with van der Waals surface area (Å²) in [5.74, 6) is 1.60. The molecule has 102 valence electrons. The zero-order valence-electron chi connectivity index (χ0n) is 11.6. The van der Waals surface area contributed by atoms with Gasteiger partial charge in [0, 0.05) is 18.9 Å². The first kappa shape index (κ1) is 13.9. The van der Waals surface area contributed by atoms with Gasteiger partial charge in [0.1, 0.15) is 10.0 Å². The van der Waals surface area contributed by atoms with Crippen LogP contribution >= 0.6 is 11.3 Å². The molecule has 0 aliphatic heterocycles. The van der Waals surface area contributed by atoms with Gasteiger partial charge in [-0.1, -0.05) is 26.7 Å². The van der Waals surface area contributed by atoms with Crippen LogP contribution in [-0.4, -0.2) is 23.3 Å². The maximum absolute atomic E-state index is 4.40. The van der Waals surface area contributed by atoms with Crippen molar-refractivity contribution in [3.05, 3.63) is 10.0 Å². The molecule has 0 saturated heterocycles. The van der Waals surface area contributed by atoms with E-state index in [9.17, 15) is 0 Å². The van der Waals surface area contributed by atoms with E-state index in [0.717, 1.165) is 25.4 Å². The fraction of sp³-hybridized carbons (Fsp3) is 0.857. The molecule has 3 nitrogen and oxygen atoms in total. The Hall–Kier alpha value is -0.480. The number of aromatic nitrogens is 2.